The Balaban J connectivity index is 1.53. The van der Waals surface area contributed by atoms with Crippen LogP contribution in [0.1, 0.15) is 31.4 Å². The number of hydrogen-bond acceptors (Lipinski definition) is 5. The quantitative estimate of drug-likeness (QED) is 0.781. The lowest BCUT2D eigenvalue weighted by atomic mass is 9.92. The van der Waals surface area contributed by atoms with Gasteiger partial charge in [0.2, 0.25) is 0 Å². The predicted octanol–water partition coefficient (Wildman–Crippen LogP) is 4.49. The largest absolute Gasteiger partial charge is 0.501 e. The summed E-state index contributed by atoms with van der Waals surface area (Å²) in [6, 6.07) is 8.55. The SMILES string of the molecule is Cc1cc(OC2CCC(Nc3ccc(S(=O)(=O)C(F)(F)F)cc3)CC2)ccn1. The molecule has 1 aliphatic rings. The number of aryl methyl sites for hydroxylation is 1. The molecule has 0 radical (unpaired) electrons. The number of pyridine rings is 1. The van der Waals surface area contributed by atoms with Gasteiger partial charge in [-0.1, -0.05) is 0 Å². The number of rotatable bonds is 5. The first kappa shape index (κ1) is 20.4. The van der Waals surface area contributed by atoms with Crippen molar-refractivity contribution >= 4 is 15.5 Å². The van der Waals surface area contributed by atoms with E-state index in [1.165, 1.54) is 12.1 Å². The molecule has 0 bridgehead atoms. The van der Waals surface area contributed by atoms with Crippen molar-refractivity contribution in [3.63, 3.8) is 0 Å². The zero-order chi connectivity index (χ0) is 20.4. The van der Waals surface area contributed by atoms with E-state index < -0.39 is 20.2 Å². The van der Waals surface area contributed by atoms with E-state index in [0.717, 1.165) is 49.3 Å². The van der Waals surface area contributed by atoms with Crippen molar-refractivity contribution in [1.29, 1.82) is 0 Å². The summed E-state index contributed by atoms with van der Waals surface area (Å²) in [5.74, 6) is 0.797. The first-order chi connectivity index (χ1) is 13.1. The average molecular weight is 414 g/mol. The third-order valence-electron chi connectivity index (χ3n) is 4.69. The van der Waals surface area contributed by atoms with Crippen LogP contribution in [0.3, 0.4) is 0 Å². The lowest BCUT2D eigenvalue weighted by Crippen LogP contribution is -2.31. The van der Waals surface area contributed by atoms with Gasteiger partial charge >= 0.3 is 5.51 Å². The molecule has 1 fully saturated rings. The number of anilines is 1. The summed E-state index contributed by atoms with van der Waals surface area (Å²) in [5.41, 5.74) is -3.81. The van der Waals surface area contributed by atoms with Crippen LogP contribution in [-0.4, -0.2) is 31.1 Å². The molecule has 0 saturated heterocycles. The number of benzene rings is 1. The molecular weight excluding hydrogens is 393 g/mol. The van der Waals surface area contributed by atoms with Gasteiger partial charge in [-0.3, -0.25) is 4.98 Å². The van der Waals surface area contributed by atoms with Gasteiger partial charge in [-0.2, -0.15) is 13.2 Å². The summed E-state index contributed by atoms with van der Waals surface area (Å²) in [7, 11) is -5.32. The maximum Gasteiger partial charge on any atom is 0.501 e. The summed E-state index contributed by atoms with van der Waals surface area (Å²) in [6.07, 6.45) is 5.20. The Bertz CT molecular complexity index is 907. The zero-order valence-corrected chi connectivity index (χ0v) is 16.1. The third kappa shape index (κ3) is 4.76. The minimum Gasteiger partial charge on any atom is -0.490 e. The van der Waals surface area contributed by atoms with E-state index in [-0.39, 0.29) is 12.1 Å². The van der Waals surface area contributed by atoms with E-state index >= 15 is 0 Å². The molecule has 9 heteroatoms. The van der Waals surface area contributed by atoms with Gasteiger partial charge in [0.25, 0.3) is 9.84 Å². The highest BCUT2D eigenvalue weighted by molar-refractivity contribution is 7.92. The van der Waals surface area contributed by atoms with Crippen molar-refractivity contribution in [3.05, 3.63) is 48.3 Å². The standard InChI is InChI=1S/C19H21F3N2O3S/c1-13-12-17(10-11-23-13)27-16-6-2-14(3-7-16)24-15-4-8-18(9-5-15)28(25,26)19(20,21)22/h4-5,8-12,14,16,24H,2-3,6-7H2,1H3. The van der Waals surface area contributed by atoms with Crippen LogP contribution in [0.2, 0.25) is 0 Å². The van der Waals surface area contributed by atoms with Crippen molar-refractivity contribution in [1.82, 2.24) is 4.98 Å². The molecule has 1 aliphatic carbocycles. The fourth-order valence-electron chi connectivity index (χ4n) is 3.21. The topological polar surface area (TPSA) is 68.3 Å². The molecule has 0 atom stereocenters. The molecular formula is C19H21F3N2O3S. The Hall–Kier alpha value is -2.29. The van der Waals surface area contributed by atoms with Crippen LogP contribution < -0.4 is 10.1 Å². The second kappa shape index (κ2) is 7.98. The number of ether oxygens (including phenoxy) is 1. The Labute approximate surface area is 161 Å². The molecule has 0 amide bonds. The highest BCUT2D eigenvalue weighted by atomic mass is 32.2. The van der Waals surface area contributed by atoms with E-state index in [2.05, 4.69) is 10.3 Å². The molecule has 1 aromatic heterocycles. The summed E-state index contributed by atoms with van der Waals surface area (Å²) < 4.78 is 66.5. The molecule has 0 spiro atoms. The van der Waals surface area contributed by atoms with Crippen LogP contribution in [0, 0.1) is 6.92 Å². The van der Waals surface area contributed by atoms with Gasteiger partial charge in [0.1, 0.15) is 5.75 Å². The van der Waals surface area contributed by atoms with Crippen LogP contribution in [0.15, 0.2) is 47.5 Å². The first-order valence-electron chi connectivity index (χ1n) is 8.92. The summed E-state index contributed by atoms with van der Waals surface area (Å²) in [4.78, 5) is 3.38. The number of aromatic nitrogens is 1. The summed E-state index contributed by atoms with van der Waals surface area (Å²) in [6.45, 7) is 1.90. The monoisotopic (exact) mass is 414 g/mol. The Morgan fingerprint density at radius 2 is 1.71 bits per heavy atom. The van der Waals surface area contributed by atoms with Gasteiger partial charge in [0.15, 0.2) is 0 Å². The Morgan fingerprint density at radius 1 is 1.07 bits per heavy atom. The average Bonchev–Trinajstić information content (AvgIpc) is 2.63. The highest BCUT2D eigenvalue weighted by Crippen LogP contribution is 2.31. The van der Waals surface area contributed by atoms with Crippen molar-refractivity contribution in [3.8, 4) is 5.75 Å². The third-order valence-corrected chi connectivity index (χ3v) is 6.19. The van der Waals surface area contributed by atoms with Crippen LogP contribution in [-0.2, 0) is 9.84 Å². The molecule has 0 unspecified atom stereocenters. The number of nitrogens with one attached hydrogen (secondary N) is 1. The van der Waals surface area contributed by atoms with E-state index in [9.17, 15) is 21.6 Å². The summed E-state index contributed by atoms with van der Waals surface area (Å²) >= 11 is 0. The number of nitrogens with zero attached hydrogens (tertiary/aromatic N) is 1. The van der Waals surface area contributed by atoms with Crippen molar-refractivity contribution < 1.29 is 26.3 Å². The van der Waals surface area contributed by atoms with Crippen LogP contribution >= 0.6 is 0 Å². The molecule has 1 heterocycles. The molecule has 1 aromatic carbocycles. The Morgan fingerprint density at radius 3 is 2.29 bits per heavy atom. The van der Waals surface area contributed by atoms with Gasteiger partial charge in [-0.15, -0.1) is 0 Å². The minimum absolute atomic E-state index is 0.110. The second-order valence-electron chi connectivity index (χ2n) is 6.84. The van der Waals surface area contributed by atoms with E-state index in [4.69, 9.17) is 4.74 Å². The molecule has 5 nitrogen and oxygen atoms in total. The van der Waals surface area contributed by atoms with Gasteiger partial charge in [-0.05, 0) is 62.9 Å². The molecule has 152 valence electrons. The molecule has 28 heavy (non-hydrogen) atoms. The van der Waals surface area contributed by atoms with E-state index in [1.807, 2.05) is 19.1 Å². The van der Waals surface area contributed by atoms with Crippen molar-refractivity contribution in [2.24, 2.45) is 0 Å². The van der Waals surface area contributed by atoms with Gasteiger partial charge < -0.3 is 10.1 Å². The lowest BCUT2D eigenvalue weighted by molar-refractivity contribution is -0.0436. The maximum atomic E-state index is 12.6. The predicted molar refractivity (Wildman–Crippen MR) is 99.0 cm³/mol. The van der Waals surface area contributed by atoms with Crippen molar-refractivity contribution in [2.75, 3.05) is 5.32 Å². The zero-order valence-electron chi connectivity index (χ0n) is 15.2. The molecule has 0 aliphatic heterocycles. The van der Waals surface area contributed by atoms with Crippen LogP contribution in [0.4, 0.5) is 18.9 Å². The number of alkyl halides is 3. The van der Waals surface area contributed by atoms with E-state index in [0.29, 0.717) is 5.69 Å². The van der Waals surface area contributed by atoms with Crippen LogP contribution in [0.25, 0.3) is 0 Å². The number of sulfone groups is 1. The van der Waals surface area contributed by atoms with Gasteiger partial charge in [0, 0.05) is 29.7 Å². The van der Waals surface area contributed by atoms with Crippen molar-refractivity contribution in [2.45, 2.75) is 55.2 Å². The van der Waals surface area contributed by atoms with Gasteiger partial charge in [0.05, 0.1) is 11.0 Å². The molecule has 1 saturated carbocycles. The fourth-order valence-corrected chi connectivity index (χ4v) is 3.97. The highest BCUT2D eigenvalue weighted by Gasteiger charge is 2.46. The molecule has 1 N–H and O–H groups in total. The first-order valence-corrected chi connectivity index (χ1v) is 10.4. The molecule has 3 rings (SSSR count). The minimum atomic E-state index is -5.32. The number of halogens is 3. The van der Waals surface area contributed by atoms with E-state index in [1.54, 1.807) is 6.20 Å². The van der Waals surface area contributed by atoms with Gasteiger partial charge in [-0.25, -0.2) is 8.42 Å². The summed E-state index contributed by atoms with van der Waals surface area (Å²) in [5, 5.41) is 3.25. The Kier molecular flexibility index (Phi) is 5.83. The smallest absolute Gasteiger partial charge is 0.490 e. The normalized spacial score (nSPS) is 20.6. The maximum absolute atomic E-state index is 12.6. The molecule has 2 aromatic rings. The lowest BCUT2D eigenvalue weighted by Gasteiger charge is -2.30. The number of hydrogen-bond donors (Lipinski definition) is 1. The van der Waals surface area contributed by atoms with Crippen LogP contribution in [0.5, 0.6) is 5.75 Å². The second-order valence-corrected chi connectivity index (χ2v) is 8.78. The fraction of sp³-hybridized carbons (Fsp3) is 0.421.